The van der Waals surface area contributed by atoms with E-state index in [1.165, 1.54) is 23.1 Å². The largest absolute Gasteiger partial charge is 0.324 e. The molecule has 0 saturated carbocycles. The number of benzene rings is 1. The third-order valence-electron chi connectivity index (χ3n) is 5.98. The summed E-state index contributed by atoms with van der Waals surface area (Å²) in [7, 11) is 0. The van der Waals surface area contributed by atoms with Gasteiger partial charge in [-0.25, -0.2) is 4.39 Å². The molecule has 8 heteroatoms. The average Bonchev–Trinajstić information content (AvgIpc) is 3.18. The van der Waals surface area contributed by atoms with E-state index in [-0.39, 0.29) is 17.9 Å². The number of nitrogens with zero attached hydrogens (tertiary/aromatic N) is 1. The minimum absolute atomic E-state index is 0.254. The number of fused-ring (bicyclic) bond motifs is 4. The number of hydrogen-bond acceptors (Lipinski definition) is 5. The minimum Gasteiger partial charge on any atom is -0.324 e. The summed E-state index contributed by atoms with van der Waals surface area (Å²) in [6, 6.07) is 3.75. The van der Waals surface area contributed by atoms with Gasteiger partial charge in [0.2, 0.25) is 17.7 Å². The van der Waals surface area contributed by atoms with Crippen LogP contribution in [0.5, 0.6) is 0 Å². The predicted molar refractivity (Wildman–Crippen MR) is 105 cm³/mol. The van der Waals surface area contributed by atoms with Gasteiger partial charge >= 0.3 is 0 Å². The molecule has 3 aliphatic rings. The number of nitrogens with one attached hydrogen (secondary N) is 2. The number of rotatable bonds is 3. The van der Waals surface area contributed by atoms with Crippen LogP contribution in [0.1, 0.15) is 32.8 Å². The van der Waals surface area contributed by atoms with Gasteiger partial charge < -0.3 is 5.32 Å². The number of likely N-dealkylation sites (tertiary alicyclic amines) is 1. The number of carbonyl (C=O) groups excluding carboxylic acids is 3. The molecule has 150 valence electrons. The zero-order valence-electron chi connectivity index (χ0n) is 16.3. The van der Waals surface area contributed by atoms with Gasteiger partial charge in [0.1, 0.15) is 11.4 Å². The Morgan fingerprint density at radius 3 is 2.57 bits per heavy atom. The molecule has 3 aliphatic heterocycles. The van der Waals surface area contributed by atoms with Crippen molar-refractivity contribution in [1.82, 2.24) is 10.2 Å². The van der Waals surface area contributed by atoms with Crippen molar-refractivity contribution in [3.05, 3.63) is 29.6 Å². The molecule has 2 saturated heterocycles. The van der Waals surface area contributed by atoms with Crippen molar-refractivity contribution in [3.63, 3.8) is 0 Å². The van der Waals surface area contributed by atoms with E-state index in [0.29, 0.717) is 17.7 Å². The van der Waals surface area contributed by atoms with Gasteiger partial charge in [0.05, 0.1) is 11.8 Å². The maximum atomic E-state index is 14.1. The maximum Gasteiger partial charge on any atom is 0.250 e. The van der Waals surface area contributed by atoms with Crippen LogP contribution in [-0.2, 0) is 19.9 Å². The van der Waals surface area contributed by atoms with Gasteiger partial charge in [-0.3, -0.25) is 24.6 Å². The summed E-state index contributed by atoms with van der Waals surface area (Å²) >= 11 is 1.64. The molecular formula is C20H24FN3O3S. The summed E-state index contributed by atoms with van der Waals surface area (Å²) in [6.07, 6.45) is 2.61. The van der Waals surface area contributed by atoms with Crippen molar-refractivity contribution in [2.45, 2.75) is 44.3 Å². The monoisotopic (exact) mass is 405 g/mol. The first kappa shape index (κ1) is 19.4. The van der Waals surface area contributed by atoms with Gasteiger partial charge in [-0.1, -0.05) is 0 Å². The van der Waals surface area contributed by atoms with Crippen LogP contribution in [0.4, 0.5) is 10.1 Å². The molecule has 2 unspecified atom stereocenters. The fourth-order valence-electron chi connectivity index (χ4n) is 4.93. The van der Waals surface area contributed by atoms with Gasteiger partial charge in [0.15, 0.2) is 0 Å². The van der Waals surface area contributed by atoms with Crippen molar-refractivity contribution in [2.75, 3.05) is 17.3 Å². The van der Waals surface area contributed by atoms with Crippen LogP contribution in [0.15, 0.2) is 18.2 Å². The molecule has 3 heterocycles. The number of carbonyl (C=O) groups is 3. The second-order valence-corrected chi connectivity index (χ2v) is 9.66. The SMILES string of the molecule is CSCCC1NC2(C(=O)Nc3ccc(F)cc32)[C@@H]2C(=O)N(C(C)(C)C)C(=O)[C@H]12. The Bertz CT molecular complexity index is 884. The predicted octanol–water partition coefficient (Wildman–Crippen LogP) is 2.10. The third-order valence-corrected chi connectivity index (χ3v) is 6.62. The number of hydrogen-bond donors (Lipinski definition) is 2. The standard InChI is InChI=1S/C20H24FN3O3S/c1-19(2,3)24-16(25)14-13(7-8-28-4)23-20(15(14)17(24)26)11-9-10(21)5-6-12(11)22-18(20)27/h5-6,9,13-15,23H,7-8H2,1-4H3,(H,22,27)/t13?,14-,15+,20?/m1/s1. The van der Waals surface area contributed by atoms with Crippen LogP contribution in [0.2, 0.25) is 0 Å². The minimum atomic E-state index is -1.42. The summed E-state index contributed by atoms with van der Waals surface area (Å²) in [6.45, 7) is 5.43. The van der Waals surface area contributed by atoms with Gasteiger partial charge in [-0.2, -0.15) is 11.8 Å². The van der Waals surface area contributed by atoms with Gasteiger partial charge in [-0.15, -0.1) is 0 Å². The molecule has 1 spiro atoms. The lowest BCUT2D eigenvalue weighted by Gasteiger charge is -2.34. The number of halogens is 1. The van der Waals surface area contributed by atoms with Crippen LogP contribution in [0.3, 0.4) is 0 Å². The summed E-state index contributed by atoms with van der Waals surface area (Å²) in [5.74, 6) is -2.24. The van der Waals surface area contributed by atoms with Crippen molar-refractivity contribution >= 4 is 35.2 Å². The Morgan fingerprint density at radius 2 is 1.93 bits per heavy atom. The molecule has 0 aliphatic carbocycles. The molecule has 1 aromatic rings. The smallest absolute Gasteiger partial charge is 0.250 e. The number of amides is 3. The van der Waals surface area contributed by atoms with E-state index in [1.54, 1.807) is 11.8 Å². The van der Waals surface area contributed by atoms with E-state index in [9.17, 15) is 18.8 Å². The highest BCUT2D eigenvalue weighted by Crippen LogP contribution is 2.54. The molecule has 2 fully saturated rings. The first-order valence-corrected chi connectivity index (χ1v) is 10.8. The molecule has 2 N–H and O–H groups in total. The Hall–Kier alpha value is -1.93. The number of anilines is 1. The van der Waals surface area contributed by atoms with Crippen molar-refractivity contribution < 1.29 is 18.8 Å². The highest BCUT2D eigenvalue weighted by atomic mass is 32.2. The van der Waals surface area contributed by atoms with E-state index in [2.05, 4.69) is 10.6 Å². The first-order chi connectivity index (χ1) is 13.1. The van der Waals surface area contributed by atoms with Crippen LogP contribution < -0.4 is 10.6 Å². The zero-order valence-corrected chi connectivity index (χ0v) is 17.2. The van der Waals surface area contributed by atoms with Crippen LogP contribution in [0.25, 0.3) is 0 Å². The molecule has 3 amide bonds. The topological polar surface area (TPSA) is 78.5 Å². The number of thioether (sulfide) groups is 1. The molecule has 0 radical (unpaired) electrons. The lowest BCUT2D eigenvalue weighted by Crippen LogP contribution is -2.55. The molecule has 28 heavy (non-hydrogen) atoms. The Kier molecular flexibility index (Phi) is 4.35. The molecule has 0 aromatic heterocycles. The van der Waals surface area contributed by atoms with E-state index in [4.69, 9.17) is 0 Å². The van der Waals surface area contributed by atoms with Gasteiger partial charge in [-0.05, 0) is 57.4 Å². The second kappa shape index (κ2) is 6.29. The summed E-state index contributed by atoms with van der Waals surface area (Å²) in [4.78, 5) is 41.2. The molecular weight excluding hydrogens is 381 g/mol. The van der Waals surface area contributed by atoms with Crippen LogP contribution in [0, 0.1) is 17.7 Å². The second-order valence-electron chi connectivity index (χ2n) is 8.67. The van der Waals surface area contributed by atoms with Crippen LogP contribution in [-0.4, -0.2) is 46.2 Å². The van der Waals surface area contributed by atoms with E-state index in [0.717, 1.165) is 5.75 Å². The highest BCUT2D eigenvalue weighted by Gasteiger charge is 2.71. The fourth-order valence-corrected chi connectivity index (χ4v) is 5.42. The average molecular weight is 405 g/mol. The normalized spacial score (nSPS) is 31.5. The zero-order chi connectivity index (χ0) is 20.4. The number of imide groups is 1. The summed E-state index contributed by atoms with van der Waals surface area (Å²) in [5.41, 5.74) is -1.21. The first-order valence-electron chi connectivity index (χ1n) is 9.39. The molecule has 1 aromatic carbocycles. The van der Waals surface area contributed by atoms with E-state index < -0.39 is 34.6 Å². The van der Waals surface area contributed by atoms with Gasteiger partial charge in [0, 0.05) is 22.8 Å². The van der Waals surface area contributed by atoms with E-state index in [1.807, 2.05) is 27.0 Å². The van der Waals surface area contributed by atoms with E-state index >= 15 is 0 Å². The van der Waals surface area contributed by atoms with Crippen molar-refractivity contribution in [1.29, 1.82) is 0 Å². The Morgan fingerprint density at radius 1 is 1.21 bits per heavy atom. The fraction of sp³-hybridized carbons (Fsp3) is 0.550. The highest BCUT2D eigenvalue weighted by molar-refractivity contribution is 7.98. The molecule has 4 rings (SSSR count). The third kappa shape index (κ3) is 2.47. The molecule has 6 nitrogen and oxygen atoms in total. The summed E-state index contributed by atoms with van der Waals surface area (Å²) in [5, 5.41) is 6.09. The lowest BCUT2D eigenvalue weighted by molar-refractivity contribution is -0.147. The Labute approximate surface area is 167 Å². The lowest BCUT2D eigenvalue weighted by atomic mass is 9.76. The van der Waals surface area contributed by atoms with Crippen molar-refractivity contribution in [3.8, 4) is 0 Å². The molecule has 0 bridgehead atoms. The van der Waals surface area contributed by atoms with Crippen molar-refractivity contribution in [2.24, 2.45) is 11.8 Å². The quantitative estimate of drug-likeness (QED) is 0.753. The maximum absolute atomic E-state index is 14.1. The van der Waals surface area contributed by atoms with Crippen LogP contribution >= 0.6 is 11.8 Å². The van der Waals surface area contributed by atoms with Gasteiger partial charge in [0.25, 0.3) is 0 Å². The molecule has 4 atom stereocenters. The Balaban J connectivity index is 1.89. The summed E-state index contributed by atoms with van der Waals surface area (Å²) < 4.78 is 14.1.